The Morgan fingerprint density at radius 3 is 2.49 bits per heavy atom. The maximum absolute atomic E-state index is 12.7. The van der Waals surface area contributed by atoms with Crippen LogP contribution in [0.25, 0.3) is 0 Å². The SMILES string of the molecule is CCOc1cc(/C=N\NC(=O)c2cc(Br)ccc2OC)cc(Cl)c1OS(=O)(=O)c1ccc(C)cc1. The van der Waals surface area contributed by atoms with Gasteiger partial charge < -0.3 is 13.7 Å². The van der Waals surface area contributed by atoms with Crippen LogP contribution in [-0.4, -0.2) is 34.3 Å². The number of nitrogens with zero attached hydrogens (tertiary/aromatic N) is 1. The smallest absolute Gasteiger partial charge is 0.339 e. The number of aryl methyl sites for hydroxylation is 1. The Kier molecular flexibility index (Phi) is 8.76. The van der Waals surface area contributed by atoms with Crippen LogP contribution in [0.15, 0.2) is 69.1 Å². The van der Waals surface area contributed by atoms with Crippen molar-refractivity contribution in [3.05, 3.63) is 80.8 Å². The largest absolute Gasteiger partial charge is 0.496 e. The van der Waals surface area contributed by atoms with Crippen molar-refractivity contribution in [1.82, 2.24) is 5.43 Å². The number of hydrogen-bond donors (Lipinski definition) is 1. The summed E-state index contributed by atoms with van der Waals surface area (Å²) in [5, 5.41) is 3.95. The molecule has 0 saturated heterocycles. The van der Waals surface area contributed by atoms with Crippen LogP contribution in [-0.2, 0) is 10.1 Å². The zero-order valence-corrected chi connectivity index (χ0v) is 22.2. The minimum absolute atomic E-state index is 0.00641. The molecule has 0 radical (unpaired) electrons. The van der Waals surface area contributed by atoms with Crippen molar-refractivity contribution >= 4 is 49.8 Å². The molecule has 11 heteroatoms. The molecule has 0 aliphatic carbocycles. The minimum atomic E-state index is -4.15. The molecule has 0 bridgehead atoms. The first kappa shape index (κ1) is 26.5. The van der Waals surface area contributed by atoms with Gasteiger partial charge in [0.15, 0.2) is 5.75 Å². The van der Waals surface area contributed by atoms with E-state index in [-0.39, 0.29) is 33.6 Å². The lowest BCUT2D eigenvalue weighted by atomic mass is 10.2. The van der Waals surface area contributed by atoms with E-state index >= 15 is 0 Å². The zero-order chi connectivity index (χ0) is 25.6. The molecule has 0 aliphatic rings. The van der Waals surface area contributed by atoms with Gasteiger partial charge in [0.1, 0.15) is 10.6 Å². The number of hydrogen-bond acceptors (Lipinski definition) is 7. The average Bonchev–Trinajstić information content (AvgIpc) is 2.81. The molecule has 3 aromatic carbocycles. The molecule has 184 valence electrons. The highest BCUT2D eigenvalue weighted by molar-refractivity contribution is 9.10. The van der Waals surface area contributed by atoms with Crippen LogP contribution in [0.5, 0.6) is 17.2 Å². The lowest BCUT2D eigenvalue weighted by molar-refractivity contribution is 0.0952. The molecule has 0 spiro atoms. The summed E-state index contributed by atoms with van der Waals surface area (Å²) in [6.07, 6.45) is 1.34. The van der Waals surface area contributed by atoms with Crippen LogP contribution in [0, 0.1) is 6.92 Å². The number of hydrazone groups is 1. The van der Waals surface area contributed by atoms with E-state index in [1.165, 1.54) is 37.6 Å². The molecule has 0 heterocycles. The second kappa shape index (κ2) is 11.6. The molecule has 35 heavy (non-hydrogen) atoms. The second-order valence-electron chi connectivity index (χ2n) is 7.16. The van der Waals surface area contributed by atoms with E-state index in [2.05, 4.69) is 26.5 Å². The van der Waals surface area contributed by atoms with E-state index < -0.39 is 16.0 Å². The van der Waals surface area contributed by atoms with Crippen molar-refractivity contribution in [1.29, 1.82) is 0 Å². The van der Waals surface area contributed by atoms with Crippen LogP contribution >= 0.6 is 27.5 Å². The van der Waals surface area contributed by atoms with Gasteiger partial charge in [0.2, 0.25) is 5.75 Å². The number of rotatable bonds is 9. The number of carbonyl (C=O) groups excluding carboxylic acids is 1. The maximum Gasteiger partial charge on any atom is 0.339 e. The van der Waals surface area contributed by atoms with Gasteiger partial charge in [-0.05, 0) is 61.9 Å². The summed E-state index contributed by atoms with van der Waals surface area (Å²) < 4.78 is 42.3. The number of amides is 1. The molecule has 0 fully saturated rings. The van der Waals surface area contributed by atoms with Crippen molar-refractivity contribution in [2.75, 3.05) is 13.7 Å². The molecule has 0 aliphatic heterocycles. The molecule has 8 nitrogen and oxygen atoms in total. The van der Waals surface area contributed by atoms with Gasteiger partial charge in [0, 0.05) is 4.47 Å². The average molecular weight is 582 g/mol. The van der Waals surface area contributed by atoms with Crippen molar-refractivity contribution in [2.24, 2.45) is 5.10 Å². The van der Waals surface area contributed by atoms with Crippen molar-refractivity contribution in [3.63, 3.8) is 0 Å². The highest BCUT2D eigenvalue weighted by Gasteiger charge is 2.22. The zero-order valence-electron chi connectivity index (χ0n) is 19.0. The molecule has 0 aromatic heterocycles. The Labute approximate surface area is 217 Å². The molecular weight excluding hydrogens is 560 g/mol. The molecule has 1 N–H and O–H groups in total. The first-order chi connectivity index (χ1) is 16.6. The minimum Gasteiger partial charge on any atom is -0.496 e. The molecule has 0 atom stereocenters. The summed E-state index contributed by atoms with van der Waals surface area (Å²) in [5.41, 5.74) is 4.06. The molecule has 3 aromatic rings. The van der Waals surface area contributed by atoms with E-state index in [1.807, 2.05) is 6.92 Å². The Hall–Kier alpha value is -3.08. The number of ether oxygens (including phenoxy) is 2. The van der Waals surface area contributed by atoms with Crippen LogP contribution in [0.4, 0.5) is 0 Å². The molecule has 0 saturated carbocycles. The fraction of sp³-hybridized carbons (Fsp3) is 0.167. The predicted octanol–water partition coefficient (Wildman–Crippen LogP) is 5.35. The van der Waals surface area contributed by atoms with Crippen LogP contribution in [0.2, 0.25) is 5.02 Å². The monoisotopic (exact) mass is 580 g/mol. The van der Waals surface area contributed by atoms with E-state index in [0.29, 0.717) is 15.8 Å². The van der Waals surface area contributed by atoms with Crippen molar-refractivity contribution in [3.8, 4) is 17.2 Å². The third-order valence-electron chi connectivity index (χ3n) is 4.62. The fourth-order valence-corrected chi connectivity index (χ4v) is 4.57. The summed E-state index contributed by atoms with van der Waals surface area (Å²) in [5.74, 6) is -0.134. The second-order valence-corrected chi connectivity index (χ2v) is 10.0. The highest BCUT2D eigenvalue weighted by Crippen LogP contribution is 2.38. The third kappa shape index (κ3) is 6.74. The Bertz CT molecular complexity index is 1360. The van der Waals surface area contributed by atoms with Crippen LogP contribution in [0.3, 0.4) is 0 Å². The maximum atomic E-state index is 12.7. The first-order valence-corrected chi connectivity index (χ1v) is 12.9. The first-order valence-electron chi connectivity index (χ1n) is 10.3. The molecule has 3 rings (SSSR count). The highest BCUT2D eigenvalue weighted by atomic mass is 79.9. The molecular formula is C24H22BrClN2O6S. The summed E-state index contributed by atoms with van der Waals surface area (Å²) in [4.78, 5) is 12.5. The van der Waals surface area contributed by atoms with Gasteiger partial charge in [-0.25, -0.2) is 5.43 Å². The van der Waals surface area contributed by atoms with Gasteiger partial charge in [0.05, 0.1) is 30.5 Å². The summed E-state index contributed by atoms with van der Waals surface area (Å²) in [7, 11) is -2.68. The van der Waals surface area contributed by atoms with Gasteiger partial charge in [-0.3, -0.25) is 4.79 Å². The molecule has 0 unspecified atom stereocenters. The number of benzene rings is 3. The quantitative estimate of drug-likeness (QED) is 0.208. The normalized spacial score (nSPS) is 11.3. The Morgan fingerprint density at radius 2 is 1.83 bits per heavy atom. The van der Waals surface area contributed by atoms with Crippen LogP contribution < -0.4 is 19.1 Å². The van der Waals surface area contributed by atoms with Crippen molar-refractivity contribution in [2.45, 2.75) is 18.7 Å². The van der Waals surface area contributed by atoms with E-state index in [9.17, 15) is 13.2 Å². The lowest BCUT2D eigenvalue weighted by Crippen LogP contribution is -2.18. The fourth-order valence-electron chi connectivity index (χ4n) is 2.95. The summed E-state index contributed by atoms with van der Waals surface area (Å²) >= 11 is 9.66. The number of halogens is 2. The van der Waals surface area contributed by atoms with Gasteiger partial charge in [-0.15, -0.1) is 0 Å². The van der Waals surface area contributed by atoms with E-state index in [1.54, 1.807) is 37.3 Å². The van der Waals surface area contributed by atoms with E-state index in [0.717, 1.165) is 5.56 Å². The van der Waals surface area contributed by atoms with Gasteiger partial charge in [-0.1, -0.05) is 45.2 Å². The topological polar surface area (TPSA) is 103 Å². The number of nitrogens with one attached hydrogen (secondary N) is 1. The van der Waals surface area contributed by atoms with Crippen LogP contribution in [0.1, 0.15) is 28.4 Å². The standard InChI is InChI=1S/C24H22BrClN2O6S/c1-4-33-22-12-16(14-27-28-24(29)19-13-17(25)7-10-21(19)32-3)11-20(26)23(22)34-35(30,31)18-8-5-15(2)6-9-18/h5-14H,4H2,1-3H3,(H,28,29)/b27-14-. The lowest BCUT2D eigenvalue weighted by Gasteiger charge is -2.14. The Morgan fingerprint density at radius 1 is 1.11 bits per heavy atom. The Balaban J connectivity index is 1.83. The molecule has 1 amide bonds. The number of methoxy groups -OCH3 is 1. The van der Waals surface area contributed by atoms with E-state index in [4.69, 9.17) is 25.3 Å². The van der Waals surface area contributed by atoms with Crippen molar-refractivity contribution < 1.29 is 26.9 Å². The van der Waals surface area contributed by atoms with Gasteiger partial charge >= 0.3 is 10.1 Å². The third-order valence-corrected chi connectivity index (χ3v) is 6.63. The predicted molar refractivity (Wildman–Crippen MR) is 137 cm³/mol. The summed E-state index contributed by atoms with van der Waals surface area (Å²) in [6.45, 7) is 3.81. The van der Waals surface area contributed by atoms with Gasteiger partial charge in [0.25, 0.3) is 5.91 Å². The van der Waals surface area contributed by atoms with Gasteiger partial charge in [-0.2, -0.15) is 13.5 Å². The summed E-state index contributed by atoms with van der Waals surface area (Å²) in [6, 6.07) is 14.2. The number of carbonyl (C=O) groups is 1.